The first-order valence-electron chi connectivity index (χ1n) is 7.65. The third-order valence-electron chi connectivity index (χ3n) is 5.16. The van der Waals surface area contributed by atoms with Gasteiger partial charge in [0.1, 0.15) is 0 Å². The highest BCUT2D eigenvalue weighted by Crippen LogP contribution is 2.46. The first kappa shape index (κ1) is 17.2. The molecule has 22 heavy (non-hydrogen) atoms. The summed E-state index contributed by atoms with van der Waals surface area (Å²) in [6, 6.07) is 0. The number of carbonyl (C=O) groups is 1. The van der Waals surface area contributed by atoms with Gasteiger partial charge in [-0.05, 0) is 30.1 Å². The number of hydrogen-bond donors (Lipinski definition) is 2. The molecule has 1 aliphatic heterocycles. The van der Waals surface area contributed by atoms with Gasteiger partial charge >= 0.3 is 5.97 Å². The fourth-order valence-electron chi connectivity index (χ4n) is 2.76. The van der Waals surface area contributed by atoms with Gasteiger partial charge in [0, 0.05) is 5.92 Å². The van der Waals surface area contributed by atoms with Gasteiger partial charge in [-0.1, -0.05) is 26.8 Å². The standard InChI is InChI=1S/C16H26O5Si/c1-16(2,3)22(4,5)21-15-13-10(8-17)6-7-11(13)12(9-20-15)14(18)19/h6,9,11,13,15,17H,7-8H2,1-5H3,(H,18,19)/t11?,13-,15?/m1/s1. The van der Waals surface area contributed by atoms with Gasteiger partial charge in [-0.2, -0.15) is 0 Å². The smallest absolute Gasteiger partial charge is 0.335 e. The highest BCUT2D eigenvalue weighted by molar-refractivity contribution is 6.74. The number of rotatable bonds is 4. The van der Waals surface area contributed by atoms with Crippen molar-refractivity contribution >= 4 is 14.3 Å². The maximum absolute atomic E-state index is 11.4. The lowest BCUT2D eigenvalue weighted by atomic mass is 9.84. The van der Waals surface area contributed by atoms with Crippen molar-refractivity contribution < 1.29 is 24.2 Å². The van der Waals surface area contributed by atoms with E-state index in [9.17, 15) is 15.0 Å². The van der Waals surface area contributed by atoms with E-state index in [-0.39, 0.29) is 29.1 Å². The van der Waals surface area contributed by atoms with Crippen LogP contribution < -0.4 is 0 Å². The van der Waals surface area contributed by atoms with Crippen LogP contribution in [0.2, 0.25) is 18.1 Å². The Morgan fingerprint density at radius 2 is 2.09 bits per heavy atom. The normalized spacial score (nSPS) is 28.5. The van der Waals surface area contributed by atoms with E-state index < -0.39 is 20.6 Å². The molecule has 6 heteroatoms. The van der Waals surface area contributed by atoms with Crippen LogP contribution in [0.1, 0.15) is 27.2 Å². The highest BCUT2D eigenvalue weighted by atomic mass is 28.4. The Morgan fingerprint density at radius 3 is 2.59 bits per heavy atom. The predicted molar refractivity (Wildman–Crippen MR) is 85.6 cm³/mol. The first-order chi connectivity index (χ1) is 10.1. The van der Waals surface area contributed by atoms with Crippen molar-refractivity contribution in [2.24, 2.45) is 11.8 Å². The number of carboxylic acids is 1. The van der Waals surface area contributed by atoms with Crippen molar-refractivity contribution in [2.45, 2.75) is 51.6 Å². The molecule has 0 aromatic rings. The SMILES string of the molecule is CC(C)(C)[Si](C)(C)OC1OC=C(C(=O)O)C2CC=C(CO)[C@@H]12. The maximum atomic E-state index is 11.4. The monoisotopic (exact) mass is 326 g/mol. The van der Waals surface area contributed by atoms with E-state index in [0.29, 0.717) is 6.42 Å². The fourth-order valence-corrected chi connectivity index (χ4v) is 3.90. The maximum Gasteiger partial charge on any atom is 0.335 e. The van der Waals surface area contributed by atoms with E-state index in [4.69, 9.17) is 9.16 Å². The van der Waals surface area contributed by atoms with Crippen molar-refractivity contribution in [3.05, 3.63) is 23.5 Å². The molecule has 1 heterocycles. The van der Waals surface area contributed by atoms with Gasteiger partial charge in [-0.25, -0.2) is 4.79 Å². The number of carboxylic acid groups (broad SMARTS) is 1. The average Bonchev–Trinajstić information content (AvgIpc) is 2.81. The van der Waals surface area contributed by atoms with Crippen LogP contribution in [0.25, 0.3) is 0 Å². The Labute approximate surface area is 132 Å². The lowest BCUT2D eigenvalue weighted by Crippen LogP contribution is -2.48. The van der Waals surface area contributed by atoms with Gasteiger partial charge < -0.3 is 19.4 Å². The zero-order valence-electron chi connectivity index (χ0n) is 13.9. The van der Waals surface area contributed by atoms with Gasteiger partial charge in [0.15, 0.2) is 14.6 Å². The summed E-state index contributed by atoms with van der Waals surface area (Å²) in [6.45, 7) is 10.6. The zero-order valence-corrected chi connectivity index (χ0v) is 14.9. The molecule has 2 rings (SSSR count). The lowest BCUT2D eigenvalue weighted by molar-refractivity contribution is -0.137. The van der Waals surface area contributed by atoms with E-state index in [0.717, 1.165) is 5.57 Å². The van der Waals surface area contributed by atoms with Gasteiger partial charge in [0.05, 0.1) is 24.4 Å². The largest absolute Gasteiger partial charge is 0.478 e. The molecule has 2 aliphatic rings. The van der Waals surface area contributed by atoms with E-state index in [1.165, 1.54) is 6.26 Å². The van der Waals surface area contributed by atoms with Gasteiger partial charge in [-0.3, -0.25) is 0 Å². The van der Waals surface area contributed by atoms with E-state index >= 15 is 0 Å². The second-order valence-electron chi connectivity index (χ2n) is 7.57. The second-order valence-corrected chi connectivity index (χ2v) is 12.3. The molecule has 0 fully saturated rings. The zero-order chi connectivity index (χ0) is 16.7. The van der Waals surface area contributed by atoms with Gasteiger partial charge in [-0.15, -0.1) is 0 Å². The highest BCUT2D eigenvalue weighted by Gasteiger charge is 2.48. The van der Waals surface area contributed by atoms with Crippen molar-refractivity contribution in [2.75, 3.05) is 6.61 Å². The number of aliphatic hydroxyl groups is 1. The molecule has 0 radical (unpaired) electrons. The third kappa shape index (κ3) is 3.00. The minimum absolute atomic E-state index is 0.0321. The van der Waals surface area contributed by atoms with Crippen LogP contribution in [0.3, 0.4) is 0 Å². The summed E-state index contributed by atoms with van der Waals surface area (Å²) in [5.74, 6) is -1.35. The van der Waals surface area contributed by atoms with Crippen LogP contribution in [-0.4, -0.2) is 37.4 Å². The van der Waals surface area contributed by atoms with Gasteiger partial charge in [0.2, 0.25) is 0 Å². The molecule has 0 spiro atoms. The van der Waals surface area contributed by atoms with Crippen LogP contribution in [0.4, 0.5) is 0 Å². The summed E-state index contributed by atoms with van der Waals surface area (Å²) in [6.07, 6.45) is 3.34. The van der Waals surface area contributed by atoms with E-state index in [2.05, 4.69) is 33.9 Å². The number of allylic oxidation sites excluding steroid dienone is 1. The topological polar surface area (TPSA) is 76.0 Å². The summed E-state index contributed by atoms with van der Waals surface area (Å²) in [7, 11) is -2.05. The molecule has 3 atom stereocenters. The summed E-state index contributed by atoms with van der Waals surface area (Å²) in [5.41, 5.74) is 1.08. The van der Waals surface area contributed by atoms with Gasteiger partial charge in [0.25, 0.3) is 0 Å². The number of hydrogen-bond acceptors (Lipinski definition) is 4. The van der Waals surface area contributed by atoms with Crippen molar-refractivity contribution in [1.29, 1.82) is 0 Å². The molecule has 0 bridgehead atoms. The van der Waals surface area contributed by atoms with Crippen LogP contribution in [0.5, 0.6) is 0 Å². The molecule has 2 unspecified atom stereocenters. The molecular weight excluding hydrogens is 300 g/mol. The number of aliphatic hydroxyl groups excluding tert-OH is 1. The van der Waals surface area contributed by atoms with Crippen molar-refractivity contribution in [3.63, 3.8) is 0 Å². The van der Waals surface area contributed by atoms with Crippen LogP contribution in [0.15, 0.2) is 23.5 Å². The number of ether oxygens (including phenoxy) is 1. The molecular formula is C16H26O5Si. The Hall–Kier alpha value is -1.11. The summed E-state index contributed by atoms with van der Waals surface area (Å²) in [4.78, 5) is 11.4. The molecule has 0 saturated heterocycles. The first-order valence-corrected chi connectivity index (χ1v) is 10.6. The quantitative estimate of drug-likeness (QED) is 0.614. The predicted octanol–water partition coefficient (Wildman–Crippen LogP) is 2.89. The van der Waals surface area contributed by atoms with Crippen LogP contribution in [0, 0.1) is 11.8 Å². The molecule has 0 aromatic heterocycles. The number of aliphatic carboxylic acids is 1. The Balaban J connectivity index is 2.29. The molecule has 124 valence electrons. The molecule has 2 N–H and O–H groups in total. The number of fused-ring (bicyclic) bond motifs is 1. The van der Waals surface area contributed by atoms with E-state index in [1.54, 1.807) is 0 Å². The summed E-state index contributed by atoms with van der Waals surface area (Å²) < 4.78 is 12.0. The van der Waals surface area contributed by atoms with Crippen molar-refractivity contribution in [1.82, 2.24) is 0 Å². The minimum Gasteiger partial charge on any atom is -0.478 e. The summed E-state index contributed by atoms with van der Waals surface area (Å²) >= 11 is 0. The van der Waals surface area contributed by atoms with Crippen molar-refractivity contribution in [3.8, 4) is 0 Å². The Bertz CT molecular complexity index is 515. The molecule has 0 amide bonds. The Morgan fingerprint density at radius 1 is 1.45 bits per heavy atom. The molecule has 5 nitrogen and oxygen atoms in total. The Kier molecular flexibility index (Phi) is 4.57. The minimum atomic E-state index is -2.05. The second kappa shape index (κ2) is 5.83. The summed E-state index contributed by atoms with van der Waals surface area (Å²) in [5, 5.41) is 18.9. The molecule has 0 saturated carbocycles. The van der Waals surface area contributed by atoms with E-state index in [1.807, 2.05) is 6.08 Å². The third-order valence-corrected chi connectivity index (χ3v) is 9.60. The van der Waals surface area contributed by atoms with Crippen LogP contribution in [-0.2, 0) is 14.0 Å². The van der Waals surface area contributed by atoms with Crippen LogP contribution >= 0.6 is 0 Å². The molecule has 0 aromatic carbocycles. The molecule has 1 aliphatic carbocycles. The lowest BCUT2D eigenvalue weighted by Gasteiger charge is -2.43. The fraction of sp³-hybridized carbons (Fsp3) is 0.688. The average molecular weight is 326 g/mol.